The number of nitrogens with one attached hydrogen (secondary N) is 2. The second kappa shape index (κ2) is 7.10. The van der Waals surface area contributed by atoms with Gasteiger partial charge in [-0.2, -0.15) is 23.3 Å². The maximum atomic E-state index is 12.9. The molecule has 2 aromatic heterocycles. The van der Waals surface area contributed by atoms with Gasteiger partial charge in [-0.3, -0.25) is 4.98 Å². The van der Waals surface area contributed by atoms with E-state index in [0.29, 0.717) is 5.82 Å². The lowest BCUT2D eigenvalue weighted by Gasteiger charge is -2.11. The van der Waals surface area contributed by atoms with Crippen LogP contribution in [0.4, 0.5) is 36.3 Å². The number of halogens is 3. The van der Waals surface area contributed by atoms with Gasteiger partial charge in [-0.1, -0.05) is 24.3 Å². The molecule has 0 amide bonds. The summed E-state index contributed by atoms with van der Waals surface area (Å²) in [6, 6.07) is 14.2. The van der Waals surface area contributed by atoms with Gasteiger partial charge in [-0.15, -0.1) is 5.10 Å². The molecule has 140 valence electrons. The third-order valence-electron chi connectivity index (χ3n) is 3.90. The van der Waals surface area contributed by atoms with E-state index in [9.17, 15) is 13.2 Å². The molecule has 0 saturated heterocycles. The number of aromatic nitrogens is 4. The summed E-state index contributed by atoms with van der Waals surface area (Å²) in [7, 11) is 0. The zero-order valence-electron chi connectivity index (χ0n) is 14.3. The van der Waals surface area contributed by atoms with E-state index in [-0.39, 0.29) is 11.6 Å². The van der Waals surface area contributed by atoms with Crippen molar-refractivity contribution in [2.45, 2.75) is 6.18 Å². The Morgan fingerprint density at radius 2 is 1.71 bits per heavy atom. The number of rotatable bonds is 4. The molecule has 4 aromatic rings. The summed E-state index contributed by atoms with van der Waals surface area (Å²) in [5.41, 5.74) is 0.932. The molecule has 0 aliphatic heterocycles. The zero-order valence-corrected chi connectivity index (χ0v) is 14.3. The van der Waals surface area contributed by atoms with Gasteiger partial charge in [0, 0.05) is 17.3 Å². The Balaban J connectivity index is 1.58. The van der Waals surface area contributed by atoms with Crippen LogP contribution in [0.15, 0.2) is 67.0 Å². The Morgan fingerprint density at radius 3 is 2.57 bits per heavy atom. The third kappa shape index (κ3) is 3.83. The standard InChI is InChI=1S/C19H13F3N6/c20-19(21,22)13-6-2-7-14(10-13)25-18-27-16(11-24-28-18)26-15-8-1-4-12-5-3-9-23-17(12)15/h1-11H,(H2,25,26,27,28). The molecular formula is C19H13F3N6. The molecule has 0 aliphatic rings. The maximum absolute atomic E-state index is 12.9. The minimum absolute atomic E-state index is 0.0671. The molecule has 6 nitrogen and oxygen atoms in total. The second-order valence-corrected chi connectivity index (χ2v) is 5.87. The molecule has 2 aromatic carbocycles. The first-order valence-electron chi connectivity index (χ1n) is 8.24. The topological polar surface area (TPSA) is 75.6 Å². The Labute approximate surface area is 157 Å². The minimum atomic E-state index is -4.43. The largest absolute Gasteiger partial charge is 0.416 e. The highest BCUT2D eigenvalue weighted by molar-refractivity contribution is 5.91. The number of para-hydroxylation sites is 1. The molecule has 0 radical (unpaired) electrons. The number of hydrogen-bond donors (Lipinski definition) is 2. The lowest BCUT2D eigenvalue weighted by molar-refractivity contribution is -0.137. The van der Waals surface area contributed by atoms with Crippen molar-refractivity contribution in [3.05, 3.63) is 72.6 Å². The first kappa shape index (κ1) is 17.7. The number of pyridine rings is 1. The lowest BCUT2D eigenvalue weighted by Crippen LogP contribution is -2.06. The second-order valence-electron chi connectivity index (χ2n) is 5.87. The zero-order chi connectivity index (χ0) is 19.6. The predicted molar refractivity (Wildman–Crippen MR) is 99.6 cm³/mol. The number of nitrogens with zero attached hydrogens (tertiary/aromatic N) is 4. The van der Waals surface area contributed by atoms with Gasteiger partial charge in [-0.05, 0) is 30.3 Å². The molecule has 28 heavy (non-hydrogen) atoms. The molecule has 2 N–H and O–H groups in total. The molecule has 0 saturated carbocycles. The summed E-state index contributed by atoms with van der Waals surface area (Å²) < 4.78 is 38.6. The van der Waals surface area contributed by atoms with E-state index >= 15 is 0 Å². The van der Waals surface area contributed by atoms with E-state index < -0.39 is 11.7 Å². The summed E-state index contributed by atoms with van der Waals surface area (Å²) in [4.78, 5) is 8.61. The predicted octanol–water partition coefficient (Wildman–Crippen LogP) is 4.93. The molecule has 0 unspecified atom stereocenters. The van der Waals surface area contributed by atoms with Gasteiger partial charge in [0.25, 0.3) is 0 Å². The van der Waals surface area contributed by atoms with Gasteiger partial charge >= 0.3 is 6.18 Å². The normalized spacial score (nSPS) is 11.4. The van der Waals surface area contributed by atoms with Crippen LogP contribution in [0.1, 0.15) is 5.56 Å². The van der Waals surface area contributed by atoms with E-state index in [0.717, 1.165) is 28.7 Å². The summed E-state index contributed by atoms with van der Waals surface area (Å²) in [6.45, 7) is 0. The molecule has 9 heteroatoms. The van der Waals surface area contributed by atoms with Gasteiger partial charge in [0.1, 0.15) is 0 Å². The third-order valence-corrected chi connectivity index (χ3v) is 3.90. The molecule has 4 rings (SSSR count). The van der Waals surface area contributed by atoms with Gasteiger partial charge in [-0.25, -0.2) is 0 Å². The van der Waals surface area contributed by atoms with Crippen molar-refractivity contribution in [2.24, 2.45) is 0 Å². The van der Waals surface area contributed by atoms with E-state index in [1.165, 1.54) is 18.3 Å². The van der Waals surface area contributed by atoms with Crippen molar-refractivity contribution in [1.29, 1.82) is 0 Å². The van der Waals surface area contributed by atoms with Crippen molar-refractivity contribution < 1.29 is 13.2 Å². The average molecular weight is 382 g/mol. The number of anilines is 4. The SMILES string of the molecule is FC(F)(F)c1cccc(Nc2nncc(Nc3cccc4cccnc34)n2)c1. The first-order chi connectivity index (χ1) is 13.5. The highest BCUT2D eigenvalue weighted by Gasteiger charge is 2.30. The summed E-state index contributed by atoms with van der Waals surface area (Å²) in [5.74, 6) is 0.445. The van der Waals surface area contributed by atoms with Gasteiger partial charge in [0.05, 0.1) is 23.0 Å². The Bertz CT molecular complexity index is 1120. The van der Waals surface area contributed by atoms with Gasteiger partial charge < -0.3 is 10.6 Å². The summed E-state index contributed by atoms with van der Waals surface area (Å²) in [6.07, 6.45) is -1.33. The molecule has 2 heterocycles. The quantitative estimate of drug-likeness (QED) is 0.521. The highest BCUT2D eigenvalue weighted by Crippen LogP contribution is 2.31. The van der Waals surface area contributed by atoms with Crippen LogP contribution in [-0.4, -0.2) is 20.2 Å². The van der Waals surface area contributed by atoms with Crippen LogP contribution < -0.4 is 10.6 Å². The number of fused-ring (bicyclic) bond motifs is 1. The number of benzene rings is 2. The molecule has 0 bridgehead atoms. The Morgan fingerprint density at radius 1 is 0.893 bits per heavy atom. The molecule has 0 fully saturated rings. The first-order valence-corrected chi connectivity index (χ1v) is 8.24. The molecule has 0 atom stereocenters. The number of hydrogen-bond acceptors (Lipinski definition) is 6. The monoisotopic (exact) mass is 382 g/mol. The van der Waals surface area contributed by atoms with Crippen LogP contribution in [0.3, 0.4) is 0 Å². The van der Waals surface area contributed by atoms with Crippen LogP contribution in [0.2, 0.25) is 0 Å². The van der Waals surface area contributed by atoms with Crippen LogP contribution in [0.5, 0.6) is 0 Å². The van der Waals surface area contributed by atoms with E-state index in [1.807, 2.05) is 30.3 Å². The smallest absolute Gasteiger partial charge is 0.337 e. The lowest BCUT2D eigenvalue weighted by atomic mass is 10.2. The van der Waals surface area contributed by atoms with Gasteiger partial charge in [0.15, 0.2) is 5.82 Å². The maximum Gasteiger partial charge on any atom is 0.416 e. The van der Waals surface area contributed by atoms with Crippen LogP contribution in [-0.2, 0) is 6.18 Å². The van der Waals surface area contributed by atoms with E-state index in [4.69, 9.17) is 0 Å². The molecular weight excluding hydrogens is 369 g/mol. The number of alkyl halides is 3. The van der Waals surface area contributed by atoms with Crippen molar-refractivity contribution in [3.8, 4) is 0 Å². The van der Waals surface area contributed by atoms with Crippen molar-refractivity contribution in [2.75, 3.05) is 10.6 Å². The van der Waals surface area contributed by atoms with E-state index in [2.05, 4.69) is 30.8 Å². The van der Waals surface area contributed by atoms with Crippen molar-refractivity contribution in [3.63, 3.8) is 0 Å². The van der Waals surface area contributed by atoms with Crippen molar-refractivity contribution in [1.82, 2.24) is 20.2 Å². The van der Waals surface area contributed by atoms with E-state index in [1.54, 1.807) is 6.20 Å². The van der Waals surface area contributed by atoms with Crippen molar-refractivity contribution >= 4 is 34.0 Å². The fourth-order valence-electron chi connectivity index (χ4n) is 2.66. The Kier molecular flexibility index (Phi) is 4.48. The van der Waals surface area contributed by atoms with Crippen LogP contribution in [0, 0.1) is 0 Å². The minimum Gasteiger partial charge on any atom is -0.337 e. The fourth-order valence-corrected chi connectivity index (χ4v) is 2.66. The average Bonchev–Trinajstić information content (AvgIpc) is 2.68. The highest BCUT2D eigenvalue weighted by atomic mass is 19.4. The fraction of sp³-hybridized carbons (Fsp3) is 0.0526. The van der Waals surface area contributed by atoms with Crippen LogP contribution in [0.25, 0.3) is 10.9 Å². The summed E-state index contributed by atoms with van der Waals surface area (Å²) >= 11 is 0. The molecule has 0 spiro atoms. The Hall–Kier alpha value is -3.75. The van der Waals surface area contributed by atoms with Gasteiger partial charge in [0.2, 0.25) is 5.95 Å². The summed E-state index contributed by atoms with van der Waals surface area (Å²) in [5, 5.41) is 14.5. The van der Waals surface area contributed by atoms with Crippen LogP contribution >= 0.6 is 0 Å². The molecule has 0 aliphatic carbocycles.